The second-order valence-corrected chi connectivity index (χ2v) is 9.77. The van der Waals surface area contributed by atoms with Crippen molar-refractivity contribution in [2.75, 3.05) is 32.0 Å². The molecule has 1 saturated heterocycles. The van der Waals surface area contributed by atoms with Crippen LogP contribution < -0.4 is 5.32 Å². The van der Waals surface area contributed by atoms with Crippen LogP contribution in [0.1, 0.15) is 30.5 Å². The van der Waals surface area contributed by atoms with E-state index in [0.29, 0.717) is 30.8 Å². The molecule has 0 radical (unpaired) electrons. The summed E-state index contributed by atoms with van der Waals surface area (Å²) in [5, 5.41) is 12.6. The van der Waals surface area contributed by atoms with Crippen LogP contribution in [-0.4, -0.2) is 61.4 Å². The van der Waals surface area contributed by atoms with E-state index in [1.807, 2.05) is 30.3 Å². The number of likely N-dealkylation sites (tertiary alicyclic amines) is 1. The van der Waals surface area contributed by atoms with Crippen LogP contribution in [0.4, 0.5) is 5.69 Å². The molecular weight excluding hydrogens is 402 g/mol. The van der Waals surface area contributed by atoms with Gasteiger partial charge in [-0.05, 0) is 23.6 Å². The first-order valence-electron chi connectivity index (χ1n) is 10.0. The molecule has 1 aliphatic rings. The second kappa shape index (κ2) is 9.70. The number of hydrogen-bond donors (Lipinski definition) is 2. The number of β-amino-alcohol motifs (C(OH)–C–C–N with tert-alkyl or cyclic N) is 1. The largest absolute Gasteiger partial charge is 0.392 e. The molecule has 7 nitrogen and oxygen atoms in total. The standard InChI is InChI=1S/C22H29N3O4S/c1-17(26)23-21-11-7-6-10-19(21)16-30(28,29)24(2)22(18-8-4-3-5-9-18)15-25-13-12-20(27)14-25/h3-11,20,22,27H,12-16H2,1-2H3,(H,23,26). The van der Waals surface area contributed by atoms with Crippen molar-refractivity contribution in [3.8, 4) is 0 Å². The molecule has 162 valence electrons. The Morgan fingerprint density at radius 3 is 2.50 bits per heavy atom. The SMILES string of the molecule is CC(=O)Nc1ccccc1CS(=O)(=O)N(C)C(CN1CCC(O)C1)c1ccccc1. The molecular formula is C22H29N3O4S. The lowest BCUT2D eigenvalue weighted by atomic mass is 10.1. The molecule has 2 N–H and O–H groups in total. The summed E-state index contributed by atoms with van der Waals surface area (Å²) in [5.74, 6) is -0.464. The quantitative estimate of drug-likeness (QED) is 0.669. The average molecular weight is 432 g/mol. The maximum absolute atomic E-state index is 13.3. The Kier molecular flexibility index (Phi) is 7.25. The van der Waals surface area contributed by atoms with Crippen molar-refractivity contribution in [1.29, 1.82) is 0 Å². The zero-order valence-electron chi connectivity index (χ0n) is 17.4. The number of likely N-dealkylation sites (N-methyl/N-ethyl adjacent to an activating group) is 1. The minimum atomic E-state index is -3.68. The molecule has 0 aromatic heterocycles. The van der Waals surface area contributed by atoms with Crippen LogP contribution in [0.15, 0.2) is 54.6 Å². The fourth-order valence-electron chi connectivity index (χ4n) is 3.78. The maximum Gasteiger partial charge on any atom is 0.221 e. The van der Waals surface area contributed by atoms with Gasteiger partial charge >= 0.3 is 0 Å². The molecule has 1 heterocycles. The van der Waals surface area contributed by atoms with E-state index in [1.54, 1.807) is 31.3 Å². The van der Waals surface area contributed by atoms with Crippen LogP contribution >= 0.6 is 0 Å². The first kappa shape index (κ1) is 22.4. The van der Waals surface area contributed by atoms with E-state index in [0.717, 1.165) is 12.1 Å². The molecule has 8 heteroatoms. The fourth-order valence-corrected chi connectivity index (χ4v) is 5.20. The lowest BCUT2D eigenvalue weighted by Crippen LogP contribution is -2.39. The second-order valence-electron chi connectivity index (χ2n) is 7.74. The molecule has 0 bridgehead atoms. The Morgan fingerprint density at radius 2 is 1.87 bits per heavy atom. The Morgan fingerprint density at radius 1 is 1.20 bits per heavy atom. The van der Waals surface area contributed by atoms with E-state index >= 15 is 0 Å². The highest BCUT2D eigenvalue weighted by atomic mass is 32.2. The van der Waals surface area contributed by atoms with E-state index in [9.17, 15) is 18.3 Å². The highest BCUT2D eigenvalue weighted by Gasteiger charge is 2.32. The third-order valence-corrected chi connectivity index (χ3v) is 7.21. The lowest BCUT2D eigenvalue weighted by Gasteiger charge is -2.31. The molecule has 2 aromatic carbocycles. The third-order valence-electron chi connectivity index (χ3n) is 5.41. The van der Waals surface area contributed by atoms with Crippen LogP contribution in [0.5, 0.6) is 0 Å². The van der Waals surface area contributed by atoms with Gasteiger partial charge in [0.05, 0.1) is 17.9 Å². The molecule has 2 aromatic rings. The number of carbonyl (C=O) groups is 1. The monoisotopic (exact) mass is 431 g/mol. The third kappa shape index (κ3) is 5.66. The summed E-state index contributed by atoms with van der Waals surface area (Å²) in [7, 11) is -2.08. The Bertz CT molecular complexity index is 965. The molecule has 1 aliphatic heterocycles. The van der Waals surface area contributed by atoms with Crippen LogP contribution in [0.25, 0.3) is 0 Å². The average Bonchev–Trinajstić information content (AvgIpc) is 3.12. The lowest BCUT2D eigenvalue weighted by molar-refractivity contribution is -0.114. The van der Waals surface area contributed by atoms with Gasteiger partial charge in [0.25, 0.3) is 0 Å². The van der Waals surface area contributed by atoms with Crippen molar-refractivity contribution in [1.82, 2.24) is 9.21 Å². The number of rotatable bonds is 8. The van der Waals surface area contributed by atoms with E-state index in [-0.39, 0.29) is 23.8 Å². The predicted molar refractivity (Wildman–Crippen MR) is 117 cm³/mol. The maximum atomic E-state index is 13.3. The van der Waals surface area contributed by atoms with Gasteiger partial charge < -0.3 is 10.4 Å². The summed E-state index contributed by atoms with van der Waals surface area (Å²) in [6.45, 7) is 3.18. The molecule has 0 aliphatic carbocycles. The van der Waals surface area contributed by atoms with Gasteiger partial charge in [-0.3, -0.25) is 9.69 Å². The van der Waals surface area contributed by atoms with E-state index in [2.05, 4.69) is 10.2 Å². The van der Waals surface area contributed by atoms with Gasteiger partial charge in [0.2, 0.25) is 15.9 Å². The number of aliphatic hydroxyl groups excluding tert-OH is 1. The Balaban J connectivity index is 1.86. The summed E-state index contributed by atoms with van der Waals surface area (Å²) in [6.07, 6.45) is 0.329. The zero-order chi connectivity index (χ0) is 21.7. The van der Waals surface area contributed by atoms with Gasteiger partial charge in [-0.1, -0.05) is 48.5 Å². The molecule has 1 fully saturated rings. The fraction of sp³-hybridized carbons (Fsp3) is 0.409. The molecule has 30 heavy (non-hydrogen) atoms. The van der Waals surface area contributed by atoms with Crippen LogP contribution in [0.2, 0.25) is 0 Å². The number of carbonyl (C=O) groups excluding carboxylic acids is 1. The molecule has 0 spiro atoms. The van der Waals surface area contributed by atoms with Crippen molar-refractivity contribution in [2.24, 2.45) is 0 Å². The number of para-hydroxylation sites is 1. The predicted octanol–water partition coefficient (Wildman–Crippen LogP) is 2.21. The van der Waals surface area contributed by atoms with Crippen molar-refractivity contribution < 1.29 is 18.3 Å². The number of sulfonamides is 1. The number of benzene rings is 2. The minimum Gasteiger partial charge on any atom is -0.392 e. The summed E-state index contributed by atoms with van der Waals surface area (Å²) < 4.78 is 28.1. The minimum absolute atomic E-state index is 0.216. The first-order valence-corrected chi connectivity index (χ1v) is 11.6. The Labute approximate surface area is 178 Å². The molecule has 0 saturated carbocycles. The highest BCUT2D eigenvalue weighted by Crippen LogP contribution is 2.28. The van der Waals surface area contributed by atoms with Gasteiger partial charge in [-0.2, -0.15) is 4.31 Å². The van der Waals surface area contributed by atoms with Crippen molar-refractivity contribution >= 4 is 21.6 Å². The van der Waals surface area contributed by atoms with E-state index < -0.39 is 10.0 Å². The number of anilines is 1. The topological polar surface area (TPSA) is 90.0 Å². The molecule has 2 unspecified atom stereocenters. The number of aliphatic hydroxyl groups is 1. The van der Waals surface area contributed by atoms with Gasteiger partial charge in [0.15, 0.2) is 0 Å². The number of amides is 1. The van der Waals surface area contributed by atoms with Gasteiger partial charge in [-0.25, -0.2) is 8.42 Å². The Hall–Kier alpha value is -2.26. The van der Waals surface area contributed by atoms with Crippen molar-refractivity contribution in [3.05, 3.63) is 65.7 Å². The van der Waals surface area contributed by atoms with E-state index in [1.165, 1.54) is 11.2 Å². The number of nitrogens with zero attached hydrogens (tertiary/aromatic N) is 2. The summed E-state index contributed by atoms with van der Waals surface area (Å²) in [4.78, 5) is 13.6. The highest BCUT2D eigenvalue weighted by molar-refractivity contribution is 7.88. The van der Waals surface area contributed by atoms with Crippen molar-refractivity contribution in [2.45, 2.75) is 31.2 Å². The normalized spacial score (nSPS) is 18.5. The van der Waals surface area contributed by atoms with Crippen LogP contribution in [0.3, 0.4) is 0 Å². The van der Waals surface area contributed by atoms with Crippen LogP contribution in [-0.2, 0) is 20.6 Å². The number of nitrogens with one attached hydrogen (secondary N) is 1. The molecule has 1 amide bonds. The van der Waals surface area contributed by atoms with E-state index in [4.69, 9.17) is 0 Å². The number of hydrogen-bond acceptors (Lipinski definition) is 5. The summed E-state index contributed by atoms with van der Waals surface area (Å²) in [5.41, 5.74) is 1.95. The smallest absolute Gasteiger partial charge is 0.221 e. The van der Waals surface area contributed by atoms with Gasteiger partial charge in [-0.15, -0.1) is 0 Å². The summed E-state index contributed by atoms with van der Waals surface area (Å²) >= 11 is 0. The van der Waals surface area contributed by atoms with Crippen LogP contribution in [0, 0.1) is 0 Å². The first-order chi connectivity index (χ1) is 14.3. The zero-order valence-corrected chi connectivity index (χ0v) is 18.2. The van der Waals surface area contributed by atoms with Gasteiger partial charge in [0.1, 0.15) is 0 Å². The van der Waals surface area contributed by atoms with Gasteiger partial charge in [0, 0.05) is 39.3 Å². The molecule has 3 rings (SSSR count). The van der Waals surface area contributed by atoms with Crippen molar-refractivity contribution in [3.63, 3.8) is 0 Å². The molecule has 2 atom stereocenters. The summed E-state index contributed by atoms with van der Waals surface area (Å²) in [6, 6.07) is 16.1.